The first kappa shape index (κ1) is 17.0. The molecule has 1 amide bonds. The molecule has 2 aromatic carbocycles. The zero-order valence-corrected chi connectivity index (χ0v) is 13.5. The van der Waals surface area contributed by atoms with Crippen molar-refractivity contribution in [3.63, 3.8) is 0 Å². The zero-order chi connectivity index (χ0) is 17.0. The topological polar surface area (TPSA) is 75.3 Å². The van der Waals surface area contributed by atoms with Crippen LogP contribution in [-0.2, 0) is 10.0 Å². The van der Waals surface area contributed by atoms with Gasteiger partial charge in [0.2, 0.25) is 10.0 Å². The molecule has 0 saturated carbocycles. The predicted molar refractivity (Wildman–Crippen MR) is 87.2 cm³/mol. The summed E-state index contributed by atoms with van der Waals surface area (Å²) in [5.74, 6) is -0.886. The van der Waals surface area contributed by atoms with Gasteiger partial charge in [-0.1, -0.05) is 18.2 Å². The summed E-state index contributed by atoms with van der Waals surface area (Å²) in [4.78, 5) is 12.1. The summed E-state index contributed by atoms with van der Waals surface area (Å²) in [5.41, 5.74) is 1.36. The minimum Gasteiger partial charge on any atom is -0.346 e. The van der Waals surface area contributed by atoms with Crippen LogP contribution < -0.4 is 10.0 Å². The van der Waals surface area contributed by atoms with Crippen molar-refractivity contribution in [2.45, 2.75) is 13.0 Å². The maximum atomic E-state index is 13.2. The Kier molecular flexibility index (Phi) is 5.00. The van der Waals surface area contributed by atoms with Crippen LogP contribution in [0.3, 0.4) is 0 Å². The van der Waals surface area contributed by atoms with Crippen LogP contribution in [0.1, 0.15) is 28.9 Å². The van der Waals surface area contributed by atoms with E-state index in [4.69, 9.17) is 0 Å². The third-order valence-corrected chi connectivity index (χ3v) is 3.73. The van der Waals surface area contributed by atoms with Gasteiger partial charge in [0.25, 0.3) is 5.91 Å². The fraction of sp³-hybridized carbons (Fsp3) is 0.188. The maximum absolute atomic E-state index is 13.2. The van der Waals surface area contributed by atoms with Crippen molar-refractivity contribution in [2.75, 3.05) is 11.0 Å². The molecule has 5 nitrogen and oxygen atoms in total. The molecule has 0 bridgehead atoms. The lowest BCUT2D eigenvalue weighted by molar-refractivity contribution is 0.0939. The van der Waals surface area contributed by atoms with Crippen LogP contribution in [0.25, 0.3) is 0 Å². The first-order chi connectivity index (χ1) is 10.7. The monoisotopic (exact) mass is 336 g/mol. The van der Waals surface area contributed by atoms with Crippen molar-refractivity contribution in [1.82, 2.24) is 5.32 Å². The number of carbonyl (C=O) groups is 1. The Labute approximate surface area is 134 Å². The summed E-state index contributed by atoms with van der Waals surface area (Å²) in [6.07, 6.45) is 1.06. The van der Waals surface area contributed by atoms with E-state index in [0.29, 0.717) is 5.69 Å². The third kappa shape index (κ3) is 5.07. The maximum Gasteiger partial charge on any atom is 0.251 e. The van der Waals surface area contributed by atoms with Crippen LogP contribution >= 0.6 is 0 Å². The van der Waals surface area contributed by atoms with E-state index in [1.807, 2.05) is 0 Å². The van der Waals surface area contributed by atoms with Gasteiger partial charge in [-0.25, -0.2) is 12.8 Å². The molecule has 0 aliphatic rings. The minimum atomic E-state index is -3.37. The second-order valence-corrected chi connectivity index (χ2v) is 6.95. The molecular weight excluding hydrogens is 319 g/mol. The molecule has 23 heavy (non-hydrogen) atoms. The minimum absolute atomic E-state index is 0.224. The molecule has 0 aromatic heterocycles. The first-order valence-electron chi connectivity index (χ1n) is 6.89. The summed E-state index contributed by atoms with van der Waals surface area (Å²) >= 11 is 0. The van der Waals surface area contributed by atoms with E-state index in [9.17, 15) is 17.6 Å². The Hall–Kier alpha value is -2.41. The van der Waals surface area contributed by atoms with E-state index in [1.165, 1.54) is 18.2 Å². The number of amides is 1. The lowest BCUT2D eigenvalue weighted by Gasteiger charge is -2.15. The number of nitrogens with one attached hydrogen (secondary N) is 2. The van der Waals surface area contributed by atoms with E-state index < -0.39 is 21.7 Å². The third-order valence-electron chi connectivity index (χ3n) is 3.12. The van der Waals surface area contributed by atoms with Crippen molar-refractivity contribution in [3.05, 3.63) is 65.5 Å². The van der Waals surface area contributed by atoms with Crippen molar-refractivity contribution in [2.24, 2.45) is 0 Å². The Bertz CT molecular complexity index is 822. The molecule has 0 aliphatic carbocycles. The molecule has 7 heteroatoms. The zero-order valence-electron chi connectivity index (χ0n) is 12.7. The molecule has 1 unspecified atom stereocenters. The Balaban J connectivity index is 2.13. The predicted octanol–water partition coefficient (Wildman–Crippen LogP) is 2.69. The number of rotatable bonds is 5. The smallest absolute Gasteiger partial charge is 0.251 e. The Morgan fingerprint density at radius 2 is 1.83 bits per heavy atom. The van der Waals surface area contributed by atoms with Gasteiger partial charge >= 0.3 is 0 Å². The second kappa shape index (κ2) is 6.78. The molecule has 2 aromatic rings. The van der Waals surface area contributed by atoms with E-state index >= 15 is 0 Å². The SMILES string of the molecule is CC(NC(=O)c1cccc(F)c1)c1cccc(NS(C)(=O)=O)c1. The highest BCUT2D eigenvalue weighted by Crippen LogP contribution is 2.18. The molecule has 0 heterocycles. The molecule has 122 valence electrons. The summed E-state index contributed by atoms with van der Waals surface area (Å²) in [6, 6.07) is 11.7. The fourth-order valence-electron chi connectivity index (χ4n) is 2.08. The summed E-state index contributed by atoms with van der Waals surface area (Å²) in [7, 11) is -3.37. The van der Waals surface area contributed by atoms with E-state index in [1.54, 1.807) is 31.2 Å². The molecule has 2 rings (SSSR count). The highest BCUT2D eigenvalue weighted by atomic mass is 32.2. The number of sulfonamides is 1. The molecule has 0 spiro atoms. The second-order valence-electron chi connectivity index (χ2n) is 5.21. The molecule has 1 atom stereocenters. The summed E-state index contributed by atoms with van der Waals surface area (Å²) in [6.45, 7) is 1.76. The van der Waals surface area contributed by atoms with Gasteiger partial charge in [-0.15, -0.1) is 0 Å². The van der Waals surface area contributed by atoms with Crippen LogP contribution in [0.15, 0.2) is 48.5 Å². The number of hydrogen-bond acceptors (Lipinski definition) is 3. The largest absolute Gasteiger partial charge is 0.346 e. The Morgan fingerprint density at radius 3 is 2.48 bits per heavy atom. The van der Waals surface area contributed by atoms with E-state index in [-0.39, 0.29) is 11.6 Å². The van der Waals surface area contributed by atoms with Gasteiger partial charge in [-0.3, -0.25) is 9.52 Å². The quantitative estimate of drug-likeness (QED) is 0.881. The molecule has 0 aliphatic heterocycles. The van der Waals surface area contributed by atoms with Gasteiger partial charge in [0, 0.05) is 11.3 Å². The van der Waals surface area contributed by atoms with Crippen LogP contribution in [0.4, 0.5) is 10.1 Å². The van der Waals surface area contributed by atoms with Gasteiger partial charge in [0.05, 0.1) is 12.3 Å². The summed E-state index contributed by atoms with van der Waals surface area (Å²) in [5, 5.41) is 2.75. The lowest BCUT2D eigenvalue weighted by Crippen LogP contribution is -2.26. The van der Waals surface area contributed by atoms with Gasteiger partial charge in [0.1, 0.15) is 5.82 Å². The number of benzene rings is 2. The lowest BCUT2D eigenvalue weighted by atomic mass is 10.1. The average molecular weight is 336 g/mol. The van der Waals surface area contributed by atoms with E-state index in [0.717, 1.165) is 17.9 Å². The highest BCUT2D eigenvalue weighted by Gasteiger charge is 2.13. The van der Waals surface area contributed by atoms with Gasteiger partial charge in [0.15, 0.2) is 0 Å². The van der Waals surface area contributed by atoms with Crippen LogP contribution in [0.5, 0.6) is 0 Å². The first-order valence-corrected chi connectivity index (χ1v) is 8.78. The van der Waals surface area contributed by atoms with E-state index in [2.05, 4.69) is 10.0 Å². The Morgan fingerprint density at radius 1 is 1.13 bits per heavy atom. The van der Waals surface area contributed by atoms with Crippen LogP contribution in [0, 0.1) is 5.82 Å². The van der Waals surface area contributed by atoms with Gasteiger partial charge in [-0.2, -0.15) is 0 Å². The molecule has 2 N–H and O–H groups in total. The van der Waals surface area contributed by atoms with Gasteiger partial charge < -0.3 is 5.32 Å². The molecule has 0 radical (unpaired) electrons. The molecular formula is C16H17FN2O3S. The number of carbonyl (C=O) groups excluding carboxylic acids is 1. The van der Waals surface area contributed by atoms with Crippen molar-refractivity contribution in [3.8, 4) is 0 Å². The van der Waals surface area contributed by atoms with Crippen molar-refractivity contribution < 1.29 is 17.6 Å². The standard InChI is InChI=1S/C16H17FN2O3S/c1-11(18-16(20)13-6-3-7-14(17)9-13)12-5-4-8-15(10-12)19-23(2,21)22/h3-11,19H,1-2H3,(H,18,20). The highest BCUT2D eigenvalue weighted by molar-refractivity contribution is 7.92. The average Bonchev–Trinajstić information content (AvgIpc) is 2.45. The normalized spacial score (nSPS) is 12.5. The van der Waals surface area contributed by atoms with Crippen LogP contribution in [0.2, 0.25) is 0 Å². The number of hydrogen-bond donors (Lipinski definition) is 2. The fourth-order valence-corrected chi connectivity index (χ4v) is 2.63. The molecule has 0 saturated heterocycles. The van der Waals surface area contributed by atoms with Crippen molar-refractivity contribution in [1.29, 1.82) is 0 Å². The number of halogens is 1. The van der Waals surface area contributed by atoms with Crippen LogP contribution in [-0.4, -0.2) is 20.6 Å². The number of anilines is 1. The van der Waals surface area contributed by atoms with Gasteiger partial charge in [-0.05, 0) is 42.8 Å². The van der Waals surface area contributed by atoms with Crippen molar-refractivity contribution >= 4 is 21.6 Å². The molecule has 0 fully saturated rings. The summed E-state index contributed by atoms with van der Waals surface area (Å²) < 4.78 is 38.1.